The zero-order valence-corrected chi connectivity index (χ0v) is 9.90. The Labute approximate surface area is 103 Å². The molecule has 0 unspecified atom stereocenters. The van der Waals surface area contributed by atoms with Gasteiger partial charge in [-0.1, -0.05) is 17.7 Å². The van der Waals surface area contributed by atoms with Gasteiger partial charge < -0.3 is 5.11 Å². The molecule has 0 aliphatic carbocycles. The maximum absolute atomic E-state index is 10.5. The first-order valence-electron chi connectivity index (χ1n) is 5.04. The first kappa shape index (κ1) is 11.6. The molecule has 0 saturated carbocycles. The fourth-order valence-electron chi connectivity index (χ4n) is 1.67. The predicted octanol–water partition coefficient (Wildman–Crippen LogP) is 3.29. The van der Waals surface area contributed by atoms with Gasteiger partial charge in [0.1, 0.15) is 0 Å². The van der Waals surface area contributed by atoms with Crippen molar-refractivity contribution in [2.45, 2.75) is 6.92 Å². The highest BCUT2D eigenvalue weighted by Crippen LogP contribution is 2.23. The topological polar surface area (TPSA) is 50.2 Å². The van der Waals surface area contributed by atoms with Crippen LogP contribution in [0.5, 0.6) is 0 Å². The number of nitrogens with zero attached hydrogens (tertiary/aromatic N) is 1. The van der Waals surface area contributed by atoms with E-state index in [-0.39, 0.29) is 0 Å². The van der Waals surface area contributed by atoms with Gasteiger partial charge in [-0.25, -0.2) is 4.79 Å². The van der Waals surface area contributed by atoms with E-state index in [4.69, 9.17) is 16.7 Å². The molecule has 4 heteroatoms. The van der Waals surface area contributed by atoms with Crippen molar-refractivity contribution < 1.29 is 9.90 Å². The van der Waals surface area contributed by atoms with E-state index in [0.29, 0.717) is 5.02 Å². The minimum atomic E-state index is -0.971. The monoisotopic (exact) mass is 247 g/mol. The summed E-state index contributed by atoms with van der Waals surface area (Å²) in [5.41, 5.74) is 2.42. The normalized spacial score (nSPS) is 11.2. The van der Waals surface area contributed by atoms with Crippen LogP contribution in [0.2, 0.25) is 5.02 Å². The van der Waals surface area contributed by atoms with Crippen molar-refractivity contribution in [1.82, 2.24) is 4.98 Å². The maximum atomic E-state index is 10.5. The van der Waals surface area contributed by atoms with Gasteiger partial charge in [-0.05, 0) is 36.8 Å². The Balaban J connectivity index is 2.65. The summed E-state index contributed by atoms with van der Waals surface area (Å²) in [6.45, 7) is 1.86. The summed E-state index contributed by atoms with van der Waals surface area (Å²) in [6.07, 6.45) is 2.68. The van der Waals surface area contributed by atoms with Gasteiger partial charge in [0.15, 0.2) is 0 Å². The van der Waals surface area contributed by atoms with Crippen molar-refractivity contribution in [3.63, 3.8) is 0 Å². The molecule has 0 spiro atoms. The van der Waals surface area contributed by atoms with Crippen molar-refractivity contribution in [3.05, 3.63) is 46.6 Å². The second-order valence-corrected chi connectivity index (χ2v) is 4.12. The Morgan fingerprint density at radius 2 is 2.18 bits per heavy atom. The molecular weight excluding hydrogens is 238 g/mol. The Morgan fingerprint density at radius 3 is 2.88 bits per heavy atom. The minimum Gasteiger partial charge on any atom is -0.478 e. The first-order chi connectivity index (χ1) is 8.06. The highest BCUT2D eigenvalue weighted by molar-refractivity contribution is 6.31. The number of carboxylic acids is 1. The molecular formula is C13H10ClNO2. The van der Waals surface area contributed by atoms with Crippen LogP contribution in [0.25, 0.3) is 17.0 Å². The van der Waals surface area contributed by atoms with E-state index in [1.807, 2.05) is 19.1 Å². The molecule has 0 atom stereocenters. The Kier molecular flexibility index (Phi) is 3.11. The minimum absolute atomic E-state index is 0.615. The molecule has 0 saturated heterocycles. The lowest BCUT2D eigenvalue weighted by molar-refractivity contribution is -0.131. The van der Waals surface area contributed by atoms with Crippen molar-refractivity contribution in [3.8, 4) is 0 Å². The average Bonchev–Trinajstić information content (AvgIpc) is 2.24. The summed E-state index contributed by atoms with van der Waals surface area (Å²) in [7, 11) is 0. The summed E-state index contributed by atoms with van der Waals surface area (Å²) in [5, 5.41) is 10.1. The lowest BCUT2D eigenvalue weighted by Crippen LogP contribution is -1.89. The second-order valence-electron chi connectivity index (χ2n) is 3.69. The molecule has 0 aliphatic heterocycles. The van der Waals surface area contributed by atoms with E-state index in [9.17, 15) is 4.79 Å². The van der Waals surface area contributed by atoms with Crippen molar-refractivity contribution in [1.29, 1.82) is 0 Å². The van der Waals surface area contributed by atoms with Gasteiger partial charge in [-0.15, -0.1) is 0 Å². The van der Waals surface area contributed by atoms with E-state index in [2.05, 4.69) is 4.98 Å². The van der Waals surface area contributed by atoms with Gasteiger partial charge >= 0.3 is 5.97 Å². The maximum Gasteiger partial charge on any atom is 0.328 e. The Hall–Kier alpha value is -1.87. The second kappa shape index (κ2) is 4.55. The van der Waals surface area contributed by atoms with Gasteiger partial charge in [0.25, 0.3) is 0 Å². The number of benzene rings is 1. The zero-order chi connectivity index (χ0) is 12.4. The number of carboxylic acid groups (broad SMARTS) is 1. The molecule has 1 aromatic heterocycles. The molecule has 86 valence electrons. The molecule has 3 nitrogen and oxygen atoms in total. The van der Waals surface area contributed by atoms with Gasteiger partial charge in [0.2, 0.25) is 0 Å². The standard InChI is InChI=1S/C13H10ClNO2/c1-8-6-9(2-5-13(16)17)11-4-3-10(14)7-12(11)15-8/h2-7H,1H3,(H,16,17)/b5-2+. The fourth-order valence-corrected chi connectivity index (χ4v) is 1.83. The summed E-state index contributed by atoms with van der Waals surface area (Å²) < 4.78 is 0. The van der Waals surface area contributed by atoms with Gasteiger partial charge in [0.05, 0.1) is 5.52 Å². The number of hydrogen-bond donors (Lipinski definition) is 1. The first-order valence-corrected chi connectivity index (χ1v) is 5.42. The number of hydrogen-bond acceptors (Lipinski definition) is 2. The van der Waals surface area contributed by atoms with E-state index in [0.717, 1.165) is 28.2 Å². The number of fused-ring (bicyclic) bond motifs is 1. The van der Waals surface area contributed by atoms with Crippen LogP contribution in [0, 0.1) is 6.92 Å². The fraction of sp³-hybridized carbons (Fsp3) is 0.0769. The van der Waals surface area contributed by atoms with Crippen LogP contribution in [0.1, 0.15) is 11.3 Å². The highest BCUT2D eigenvalue weighted by atomic mass is 35.5. The van der Waals surface area contributed by atoms with Crippen LogP contribution < -0.4 is 0 Å². The van der Waals surface area contributed by atoms with Crippen molar-refractivity contribution in [2.75, 3.05) is 0 Å². The third-order valence-corrected chi connectivity index (χ3v) is 2.57. The molecule has 2 rings (SSSR count). The number of aliphatic carboxylic acids is 1. The molecule has 1 heterocycles. The highest BCUT2D eigenvalue weighted by Gasteiger charge is 2.02. The largest absolute Gasteiger partial charge is 0.478 e. The van der Waals surface area contributed by atoms with Crippen LogP contribution in [0.3, 0.4) is 0 Å². The van der Waals surface area contributed by atoms with Gasteiger partial charge in [-0.2, -0.15) is 0 Å². The molecule has 2 aromatic rings. The molecule has 0 aliphatic rings. The molecule has 1 aromatic carbocycles. The van der Waals surface area contributed by atoms with E-state index < -0.39 is 5.97 Å². The number of halogens is 1. The van der Waals surface area contributed by atoms with Crippen molar-refractivity contribution in [2.24, 2.45) is 0 Å². The molecule has 0 fully saturated rings. The van der Waals surface area contributed by atoms with Crippen LogP contribution in [0.4, 0.5) is 0 Å². The van der Waals surface area contributed by atoms with Gasteiger partial charge in [0, 0.05) is 22.2 Å². The van der Waals surface area contributed by atoms with Crippen LogP contribution in [0.15, 0.2) is 30.3 Å². The molecule has 1 N–H and O–H groups in total. The van der Waals surface area contributed by atoms with E-state index >= 15 is 0 Å². The lowest BCUT2D eigenvalue weighted by atomic mass is 10.1. The number of carbonyl (C=O) groups is 1. The summed E-state index contributed by atoms with van der Waals surface area (Å²) in [4.78, 5) is 14.9. The quantitative estimate of drug-likeness (QED) is 0.829. The average molecular weight is 248 g/mol. The van der Waals surface area contributed by atoms with E-state index in [1.54, 1.807) is 18.2 Å². The van der Waals surface area contributed by atoms with E-state index in [1.165, 1.54) is 0 Å². The zero-order valence-electron chi connectivity index (χ0n) is 9.14. The number of rotatable bonds is 2. The molecule has 0 bridgehead atoms. The van der Waals surface area contributed by atoms with Gasteiger partial charge in [-0.3, -0.25) is 4.98 Å². The number of aryl methyl sites for hydroxylation is 1. The van der Waals surface area contributed by atoms with Crippen molar-refractivity contribution >= 4 is 34.5 Å². The number of pyridine rings is 1. The smallest absolute Gasteiger partial charge is 0.328 e. The predicted molar refractivity (Wildman–Crippen MR) is 68.2 cm³/mol. The summed E-state index contributed by atoms with van der Waals surface area (Å²) >= 11 is 5.90. The Morgan fingerprint density at radius 1 is 1.41 bits per heavy atom. The third-order valence-electron chi connectivity index (χ3n) is 2.34. The molecule has 17 heavy (non-hydrogen) atoms. The van der Waals surface area contributed by atoms with Crippen LogP contribution in [-0.2, 0) is 4.79 Å². The Bertz CT molecular complexity index is 615. The molecule has 0 amide bonds. The number of aromatic nitrogens is 1. The summed E-state index contributed by atoms with van der Waals surface area (Å²) in [5.74, 6) is -0.971. The SMILES string of the molecule is Cc1cc(/C=C/C(=O)O)c2ccc(Cl)cc2n1. The van der Waals surface area contributed by atoms with Crippen LogP contribution >= 0.6 is 11.6 Å². The summed E-state index contributed by atoms with van der Waals surface area (Å²) in [6, 6.07) is 7.21. The third kappa shape index (κ3) is 2.63. The molecule has 0 radical (unpaired) electrons. The van der Waals surface area contributed by atoms with Crippen LogP contribution in [-0.4, -0.2) is 16.1 Å². The lowest BCUT2D eigenvalue weighted by Gasteiger charge is -2.04.